The zero-order valence-corrected chi connectivity index (χ0v) is 6.78. The molecule has 3 heteroatoms. The van der Waals surface area contributed by atoms with Crippen LogP contribution in [0.5, 0.6) is 0 Å². The summed E-state index contributed by atoms with van der Waals surface area (Å²) in [6.07, 6.45) is 0. The van der Waals surface area contributed by atoms with Crippen molar-refractivity contribution in [3.8, 4) is 0 Å². The minimum absolute atomic E-state index is 0.0683. The highest BCUT2D eigenvalue weighted by Crippen LogP contribution is 2.01. The van der Waals surface area contributed by atoms with Crippen LogP contribution in [0, 0.1) is 0 Å². The molecule has 0 aliphatic carbocycles. The van der Waals surface area contributed by atoms with Gasteiger partial charge >= 0.3 is 5.36 Å². The maximum atomic E-state index is 11.4. The van der Waals surface area contributed by atoms with Crippen LogP contribution < -0.4 is 20.9 Å². The second kappa shape index (κ2) is 2.51. The number of nitrogens with zero attached hydrogens (tertiary/aromatic N) is 1. The Bertz CT molecular complexity index is 592. The van der Waals surface area contributed by atoms with Crippen LogP contribution in [0.3, 0.4) is 0 Å². The predicted octanol–water partition coefficient (Wildman–Crippen LogP) is -0.896. The molecule has 2 aromatic carbocycles. The monoisotopic (exact) mass is 172 g/mol. The average molecular weight is 172 g/mol. The summed E-state index contributed by atoms with van der Waals surface area (Å²) < 4.78 is 3.43. The van der Waals surface area contributed by atoms with Gasteiger partial charge in [0.1, 0.15) is 0 Å². The van der Waals surface area contributed by atoms with Crippen LogP contribution in [0.15, 0.2) is 33.9 Å². The molecule has 0 aromatic heterocycles. The Kier molecular flexibility index (Phi) is 1.47. The Balaban J connectivity index is 3.37. The molecule has 0 heterocycles. The third kappa shape index (κ3) is 0.880. The van der Waals surface area contributed by atoms with Crippen molar-refractivity contribution in [2.24, 2.45) is 0 Å². The van der Waals surface area contributed by atoms with Gasteiger partial charge in [-0.1, -0.05) is 16.8 Å². The van der Waals surface area contributed by atoms with Crippen LogP contribution in [-0.4, -0.2) is 6.72 Å². The fraction of sp³-hybridized carbons (Fsp3) is 0. The van der Waals surface area contributed by atoms with E-state index >= 15 is 0 Å². The molecule has 2 aromatic rings. The fourth-order valence-corrected chi connectivity index (χ4v) is 1.38. The minimum Gasteiger partial charge on any atom is -0.280 e. The lowest BCUT2D eigenvalue weighted by Gasteiger charge is -1.80. The Morgan fingerprint density at radius 2 is 1.46 bits per heavy atom. The highest BCUT2D eigenvalue weighted by Gasteiger charge is 2.15. The average Bonchev–Trinajstić information content (AvgIpc) is 2.41. The molecule has 0 radical (unpaired) electrons. The van der Waals surface area contributed by atoms with E-state index in [0.29, 0.717) is 10.8 Å². The molecule has 0 amide bonds. The van der Waals surface area contributed by atoms with Gasteiger partial charge in [-0.25, -0.2) is 0 Å². The SMILES string of the molecule is C=[N+]=c1c(=O)c2ccccc2c1=O. The first-order chi connectivity index (χ1) is 6.25. The van der Waals surface area contributed by atoms with Crippen molar-refractivity contribution in [2.45, 2.75) is 0 Å². The van der Waals surface area contributed by atoms with E-state index in [0.717, 1.165) is 0 Å². The lowest BCUT2D eigenvalue weighted by Crippen LogP contribution is -2.33. The maximum absolute atomic E-state index is 11.4. The number of fused-ring (bicyclic) bond motifs is 1. The minimum atomic E-state index is -0.324. The summed E-state index contributed by atoms with van der Waals surface area (Å²) in [6, 6.07) is 6.67. The van der Waals surface area contributed by atoms with Gasteiger partial charge in [0, 0.05) is 10.8 Å². The Hall–Kier alpha value is -1.99. The van der Waals surface area contributed by atoms with E-state index in [1.807, 2.05) is 0 Å². The van der Waals surface area contributed by atoms with Crippen molar-refractivity contribution in [1.82, 2.24) is 4.67 Å². The van der Waals surface area contributed by atoms with E-state index in [-0.39, 0.29) is 16.2 Å². The third-order valence-electron chi connectivity index (χ3n) is 2.00. The van der Waals surface area contributed by atoms with E-state index < -0.39 is 0 Å². The number of benzene rings is 1. The molecule has 0 aliphatic heterocycles. The van der Waals surface area contributed by atoms with Gasteiger partial charge in [-0.15, -0.1) is 0 Å². The maximum Gasteiger partial charge on any atom is 0.420 e. The van der Waals surface area contributed by atoms with E-state index in [2.05, 4.69) is 11.4 Å². The van der Waals surface area contributed by atoms with Gasteiger partial charge in [-0.2, -0.15) is 0 Å². The van der Waals surface area contributed by atoms with Crippen LogP contribution in [-0.2, 0) is 0 Å². The zero-order valence-electron chi connectivity index (χ0n) is 6.78. The van der Waals surface area contributed by atoms with E-state index in [4.69, 9.17) is 0 Å². The normalized spacial score (nSPS) is 10.2. The van der Waals surface area contributed by atoms with Crippen LogP contribution in [0.25, 0.3) is 10.8 Å². The first-order valence-electron chi connectivity index (χ1n) is 3.78. The van der Waals surface area contributed by atoms with Gasteiger partial charge in [0.05, 0.1) is 0 Å². The molecule has 0 N–H and O–H groups in total. The van der Waals surface area contributed by atoms with E-state index in [9.17, 15) is 9.59 Å². The summed E-state index contributed by atoms with van der Waals surface area (Å²) in [5.41, 5.74) is -0.647. The summed E-state index contributed by atoms with van der Waals surface area (Å²) in [7, 11) is 0. The van der Waals surface area contributed by atoms with Gasteiger partial charge < -0.3 is 0 Å². The van der Waals surface area contributed by atoms with Crippen molar-refractivity contribution in [3.05, 3.63) is 50.1 Å². The number of hydrogen-bond donors (Lipinski definition) is 0. The molecule has 0 fully saturated rings. The summed E-state index contributed by atoms with van der Waals surface area (Å²) in [6.45, 7) is 3.20. The molecular formula is C10H6NO2+. The Morgan fingerprint density at radius 3 is 1.85 bits per heavy atom. The quantitative estimate of drug-likeness (QED) is 0.382. The highest BCUT2D eigenvalue weighted by molar-refractivity contribution is 5.83. The molecule has 0 saturated heterocycles. The molecule has 3 nitrogen and oxygen atoms in total. The van der Waals surface area contributed by atoms with Crippen molar-refractivity contribution in [1.29, 1.82) is 0 Å². The van der Waals surface area contributed by atoms with Crippen molar-refractivity contribution < 1.29 is 0 Å². The molecule has 0 spiro atoms. The first-order valence-corrected chi connectivity index (χ1v) is 3.78. The molecule has 0 aliphatic rings. The summed E-state index contributed by atoms with van der Waals surface area (Å²) >= 11 is 0. The van der Waals surface area contributed by atoms with Crippen molar-refractivity contribution in [2.75, 3.05) is 0 Å². The lowest BCUT2D eigenvalue weighted by molar-refractivity contribution is 1.35. The number of hydrogen-bond acceptors (Lipinski definition) is 2. The van der Waals surface area contributed by atoms with Crippen LogP contribution >= 0.6 is 0 Å². The van der Waals surface area contributed by atoms with E-state index in [1.165, 1.54) is 0 Å². The van der Waals surface area contributed by atoms with Crippen LogP contribution in [0.4, 0.5) is 0 Å². The molecule has 0 atom stereocenters. The second-order valence-corrected chi connectivity index (χ2v) is 2.71. The molecular weight excluding hydrogens is 166 g/mol. The van der Waals surface area contributed by atoms with Gasteiger partial charge in [-0.05, 0) is 12.1 Å². The standard InChI is InChI=1S/C10H6NO2/c1-11-8-9(12)6-4-2-3-5-7(6)10(8)13/h2-5H,1H2/q+1. The third-order valence-corrected chi connectivity index (χ3v) is 2.00. The zero-order chi connectivity index (χ0) is 9.42. The Labute approximate surface area is 73.0 Å². The number of rotatable bonds is 0. The molecule has 0 saturated carbocycles. The summed E-state index contributed by atoms with van der Waals surface area (Å²) in [5, 5.41) is 0.783. The lowest BCUT2D eigenvalue weighted by atomic mass is 10.2. The summed E-state index contributed by atoms with van der Waals surface area (Å²) in [5.74, 6) is 0. The molecule has 2 rings (SSSR count). The molecule has 0 unspecified atom stereocenters. The topological polar surface area (TPSA) is 48.2 Å². The first kappa shape index (κ1) is 7.65. The van der Waals surface area contributed by atoms with Gasteiger partial charge in [-0.3, -0.25) is 9.59 Å². The molecule has 13 heavy (non-hydrogen) atoms. The van der Waals surface area contributed by atoms with Crippen LogP contribution in [0.1, 0.15) is 0 Å². The summed E-state index contributed by atoms with van der Waals surface area (Å²) in [4.78, 5) is 22.9. The second-order valence-electron chi connectivity index (χ2n) is 2.71. The fourth-order valence-electron chi connectivity index (χ4n) is 1.38. The van der Waals surface area contributed by atoms with Gasteiger partial charge in [0.2, 0.25) is 0 Å². The Morgan fingerprint density at radius 1 is 1.00 bits per heavy atom. The largest absolute Gasteiger partial charge is 0.420 e. The smallest absolute Gasteiger partial charge is 0.280 e. The predicted molar refractivity (Wildman–Crippen MR) is 51.3 cm³/mol. The van der Waals surface area contributed by atoms with Crippen LogP contribution in [0.2, 0.25) is 0 Å². The highest BCUT2D eigenvalue weighted by atomic mass is 16.1. The van der Waals surface area contributed by atoms with Crippen molar-refractivity contribution in [3.63, 3.8) is 0 Å². The van der Waals surface area contributed by atoms with Gasteiger partial charge in [0.25, 0.3) is 17.6 Å². The molecule has 62 valence electrons. The van der Waals surface area contributed by atoms with Gasteiger partial charge in [0.15, 0.2) is 0 Å². The molecule has 0 bridgehead atoms. The van der Waals surface area contributed by atoms with E-state index in [1.54, 1.807) is 24.3 Å². The van der Waals surface area contributed by atoms with Crippen molar-refractivity contribution >= 4 is 17.5 Å².